The predicted octanol–water partition coefficient (Wildman–Crippen LogP) is 3.38. The fourth-order valence-corrected chi connectivity index (χ4v) is 2.89. The smallest absolute Gasteiger partial charge is 0.0583 e. The third-order valence-corrected chi connectivity index (χ3v) is 4.17. The Kier molecular flexibility index (Phi) is 4.41. The van der Waals surface area contributed by atoms with Crippen LogP contribution in [-0.4, -0.2) is 13.2 Å². The zero-order chi connectivity index (χ0) is 13.0. The molecule has 0 aliphatic heterocycles. The molecular weight excluding hydrogens is 222 g/mol. The van der Waals surface area contributed by atoms with Crippen molar-refractivity contribution < 1.29 is 4.74 Å². The van der Waals surface area contributed by atoms with Crippen LogP contribution in [0.4, 0.5) is 0 Å². The first-order valence-corrected chi connectivity index (χ1v) is 7.05. The lowest BCUT2D eigenvalue weighted by atomic mass is 9.77. The number of methoxy groups -OCH3 is 1. The van der Waals surface area contributed by atoms with E-state index < -0.39 is 0 Å². The van der Waals surface area contributed by atoms with Crippen molar-refractivity contribution in [2.45, 2.75) is 57.1 Å². The van der Waals surface area contributed by atoms with Gasteiger partial charge in [0.1, 0.15) is 0 Å². The summed E-state index contributed by atoms with van der Waals surface area (Å²) in [5.74, 6) is 0. The van der Waals surface area contributed by atoms with Crippen LogP contribution >= 0.6 is 0 Å². The van der Waals surface area contributed by atoms with Crippen LogP contribution in [0.25, 0.3) is 0 Å². The van der Waals surface area contributed by atoms with Crippen molar-refractivity contribution >= 4 is 0 Å². The summed E-state index contributed by atoms with van der Waals surface area (Å²) >= 11 is 0. The average molecular weight is 247 g/mol. The highest BCUT2D eigenvalue weighted by Gasteiger charge is 2.29. The zero-order valence-corrected chi connectivity index (χ0v) is 11.6. The first-order chi connectivity index (χ1) is 8.64. The van der Waals surface area contributed by atoms with Gasteiger partial charge in [-0.15, -0.1) is 0 Å². The molecule has 0 heterocycles. The van der Waals surface area contributed by atoms with E-state index in [1.54, 1.807) is 7.11 Å². The number of benzene rings is 1. The van der Waals surface area contributed by atoms with E-state index in [2.05, 4.69) is 31.2 Å². The topological polar surface area (TPSA) is 35.2 Å². The van der Waals surface area contributed by atoms with Crippen molar-refractivity contribution in [3.63, 3.8) is 0 Å². The van der Waals surface area contributed by atoms with E-state index in [4.69, 9.17) is 10.5 Å². The van der Waals surface area contributed by atoms with E-state index in [-0.39, 0.29) is 11.6 Å². The Balaban J connectivity index is 2.15. The summed E-state index contributed by atoms with van der Waals surface area (Å²) in [7, 11) is 1.76. The molecule has 2 nitrogen and oxygen atoms in total. The number of hydrogen-bond acceptors (Lipinski definition) is 2. The number of hydrogen-bond donors (Lipinski definition) is 1. The summed E-state index contributed by atoms with van der Waals surface area (Å²) in [6.07, 6.45) is 7.32. The molecular formula is C16H25NO. The number of ether oxygens (including phenoxy) is 1. The van der Waals surface area contributed by atoms with E-state index in [1.165, 1.54) is 30.4 Å². The van der Waals surface area contributed by atoms with Crippen LogP contribution < -0.4 is 5.73 Å². The van der Waals surface area contributed by atoms with Gasteiger partial charge < -0.3 is 10.5 Å². The molecule has 2 heteroatoms. The summed E-state index contributed by atoms with van der Waals surface area (Å²) in [5, 5.41) is 0. The van der Waals surface area contributed by atoms with Crippen LogP contribution in [0.1, 0.15) is 50.2 Å². The van der Waals surface area contributed by atoms with Crippen LogP contribution in [0, 0.1) is 0 Å². The molecule has 18 heavy (non-hydrogen) atoms. The Morgan fingerprint density at radius 3 is 2.67 bits per heavy atom. The van der Waals surface area contributed by atoms with Gasteiger partial charge in [-0.1, -0.05) is 43.5 Å². The van der Waals surface area contributed by atoms with Crippen LogP contribution in [0.3, 0.4) is 0 Å². The maximum absolute atomic E-state index is 6.58. The maximum atomic E-state index is 6.58. The van der Waals surface area contributed by atoms with Crippen LogP contribution in [0.15, 0.2) is 24.3 Å². The number of nitrogens with two attached hydrogens (primary N) is 1. The number of rotatable bonds is 4. The summed E-state index contributed by atoms with van der Waals surface area (Å²) in [4.78, 5) is 0. The molecule has 1 aliphatic rings. The van der Waals surface area contributed by atoms with Gasteiger partial charge in [-0.05, 0) is 37.3 Å². The molecule has 0 radical (unpaired) electrons. The van der Waals surface area contributed by atoms with Crippen molar-refractivity contribution in [1.82, 2.24) is 0 Å². The summed E-state index contributed by atoms with van der Waals surface area (Å²) < 4.78 is 5.33. The minimum atomic E-state index is -0.0927. The molecule has 2 N–H and O–H groups in total. The van der Waals surface area contributed by atoms with E-state index in [0.717, 1.165) is 19.3 Å². The van der Waals surface area contributed by atoms with E-state index in [0.29, 0.717) is 0 Å². The second kappa shape index (κ2) is 5.85. The van der Waals surface area contributed by atoms with Crippen LogP contribution in [0.2, 0.25) is 0 Å². The van der Waals surface area contributed by atoms with Crippen molar-refractivity contribution in [2.75, 3.05) is 7.11 Å². The second-order valence-electron chi connectivity index (χ2n) is 5.67. The predicted molar refractivity (Wildman–Crippen MR) is 75.6 cm³/mol. The molecule has 1 fully saturated rings. The third kappa shape index (κ3) is 3.12. The third-order valence-electron chi connectivity index (χ3n) is 4.17. The molecule has 0 bridgehead atoms. The van der Waals surface area contributed by atoms with Crippen LogP contribution in [0.5, 0.6) is 0 Å². The average Bonchev–Trinajstić information content (AvgIpc) is 2.40. The van der Waals surface area contributed by atoms with Crippen molar-refractivity contribution in [3.05, 3.63) is 35.4 Å². The van der Waals surface area contributed by atoms with Gasteiger partial charge in [-0.25, -0.2) is 0 Å². The molecule has 1 aromatic rings. The second-order valence-corrected chi connectivity index (χ2v) is 5.67. The van der Waals surface area contributed by atoms with Crippen molar-refractivity contribution in [3.8, 4) is 0 Å². The Bertz CT molecular complexity index is 382. The van der Waals surface area contributed by atoms with Crippen molar-refractivity contribution in [2.24, 2.45) is 5.73 Å². The highest BCUT2D eigenvalue weighted by Crippen LogP contribution is 2.35. The van der Waals surface area contributed by atoms with Gasteiger partial charge in [0.15, 0.2) is 0 Å². The largest absolute Gasteiger partial charge is 0.381 e. The van der Waals surface area contributed by atoms with Crippen LogP contribution in [-0.2, 0) is 16.7 Å². The maximum Gasteiger partial charge on any atom is 0.0583 e. The molecule has 1 atom stereocenters. The molecule has 0 saturated heterocycles. The van der Waals surface area contributed by atoms with Gasteiger partial charge in [0, 0.05) is 12.6 Å². The fourth-order valence-electron chi connectivity index (χ4n) is 2.89. The van der Waals surface area contributed by atoms with Gasteiger partial charge >= 0.3 is 0 Å². The van der Waals surface area contributed by atoms with E-state index >= 15 is 0 Å². The van der Waals surface area contributed by atoms with Gasteiger partial charge in [-0.3, -0.25) is 0 Å². The van der Waals surface area contributed by atoms with Gasteiger partial charge in [0.05, 0.1) is 6.10 Å². The Labute approximate surface area is 111 Å². The molecule has 2 rings (SSSR count). The molecule has 0 amide bonds. The lowest BCUT2D eigenvalue weighted by Crippen LogP contribution is -2.38. The Morgan fingerprint density at radius 2 is 2.00 bits per heavy atom. The summed E-state index contributed by atoms with van der Waals surface area (Å²) in [5.41, 5.74) is 9.13. The van der Waals surface area contributed by atoms with Gasteiger partial charge in [0.2, 0.25) is 0 Å². The molecule has 1 unspecified atom stereocenters. The van der Waals surface area contributed by atoms with Gasteiger partial charge in [-0.2, -0.15) is 0 Å². The fraction of sp³-hybridized carbons (Fsp3) is 0.625. The summed E-state index contributed by atoms with van der Waals surface area (Å²) in [6, 6.07) is 8.77. The lowest BCUT2D eigenvalue weighted by Gasteiger charge is -2.34. The Hall–Kier alpha value is -0.860. The molecule has 0 spiro atoms. The molecule has 1 aliphatic carbocycles. The molecule has 1 saturated carbocycles. The molecule has 0 aromatic heterocycles. The summed E-state index contributed by atoms with van der Waals surface area (Å²) in [6.45, 7) is 2.10. The first kappa shape index (κ1) is 13.6. The monoisotopic (exact) mass is 247 g/mol. The normalized spacial score (nSPS) is 20.6. The highest BCUT2D eigenvalue weighted by atomic mass is 16.5. The van der Waals surface area contributed by atoms with Crippen molar-refractivity contribution in [1.29, 1.82) is 0 Å². The standard InChI is InChI=1S/C16H25NO/c1-13(18-2)11-14-7-6-8-15(12-14)16(17)9-4-3-5-10-16/h6-8,12-13H,3-5,9-11,17H2,1-2H3. The first-order valence-electron chi connectivity index (χ1n) is 7.05. The minimum Gasteiger partial charge on any atom is -0.381 e. The van der Waals surface area contributed by atoms with Gasteiger partial charge in [0.25, 0.3) is 0 Å². The molecule has 100 valence electrons. The quantitative estimate of drug-likeness (QED) is 0.885. The SMILES string of the molecule is COC(C)Cc1cccc(C2(N)CCCCC2)c1. The Morgan fingerprint density at radius 1 is 1.28 bits per heavy atom. The van der Waals surface area contributed by atoms with E-state index in [1.807, 2.05) is 0 Å². The molecule has 1 aromatic carbocycles. The zero-order valence-electron chi connectivity index (χ0n) is 11.6. The van der Waals surface area contributed by atoms with E-state index in [9.17, 15) is 0 Å². The minimum absolute atomic E-state index is 0.0927. The lowest BCUT2D eigenvalue weighted by molar-refractivity contribution is 0.119. The highest BCUT2D eigenvalue weighted by molar-refractivity contribution is 5.30.